The highest BCUT2D eigenvalue weighted by molar-refractivity contribution is 7.78. The van der Waals surface area contributed by atoms with Crippen LogP contribution in [0.5, 0.6) is 5.75 Å². The second-order valence-corrected chi connectivity index (χ2v) is 12.8. The minimum absolute atomic E-state index is 0.0501. The van der Waals surface area contributed by atoms with E-state index in [1.807, 2.05) is 37.3 Å². The average molecular weight is 727 g/mol. The van der Waals surface area contributed by atoms with Crippen LogP contribution < -0.4 is 25.0 Å². The Bertz CT molecular complexity index is 1760. The quantitative estimate of drug-likeness (QED) is 0.0770. The van der Waals surface area contributed by atoms with Crippen molar-refractivity contribution in [1.82, 2.24) is 4.72 Å². The van der Waals surface area contributed by atoms with Crippen molar-refractivity contribution in [2.24, 2.45) is 11.8 Å². The molecule has 0 saturated heterocycles. The number of rotatable bonds is 6. The number of hydrogen-bond donors (Lipinski definition) is 5. The van der Waals surface area contributed by atoms with E-state index >= 15 is 0 Å². The summed E-state index contributed by atoms with van der Waals surface area (Å²) in [6, 6.07) is 26.2. The summed E-state index contributed by atoms with van der Waals surface area (Å²) in [7, 11) is 3.80. The number of hydrogen-bond acceptors (Lipinski definition) is 7. The third kappa shape index (κ3) is 9.73. The second kappa shape index (κ2) is 17.5. The lowest BCUT2D eigenvalue weighted by atomic mass is 9.68. The van der Waals surface area contributed by atoms with E-state index in [1.165, 1.54) is 0 Å². The molecule has 272 valence electrons. The van der Waals surface area contributed by atoms with Gasteiger partial charge in [0, 0.05) is 13.0 Å². The molecule has 1 aliphatic carbocycles. The Morgan fingerprint density at radius 2 is 1.61 bits per heavy atom. The molecule has 4 aromatic carbocycles. The number of fused-ring (bicyclic) bond motifs is 1. The molecule has 4 aromatic rings. The van der Waals surface area contributed by atoms with Crippen LogP contribution >= 0.6 is 12.8 Å². The fourth-order valence-electron chi connectivity index (χ4n) is 6.56. The number of anilines is 3. The van der Waals surface area contributed by atoms with E-state index in [-0.39, 0.29) is 36.3 Å². The number of thiol groups is 1. The van der Waals surface area contributed by atoms with Gasteiger partial charge in [-0.25, -0.2) is 4.39 Å². The Hall–Kier alpha value is -4.75. The van der Waals surface area contributed by atoms with Gasteiger partial charge in [0.15, 0.2) is 0 Å². The zero-order valence-electron chi connectivity index (χ0n) is 28.6. The first-order valence-corrected chi connectivity index (χ1v) is 16.8. The summed E-state index contributed by atoms with van der Waals surface area (Å²) < 4.78 is 62.6. The Morgan fingerprint density at radius 1 is 0.980 bits per heavy atom. The Morgan fingerprint density at radius 3 is 2.22 bits per heavy atom. The minimum atomic E-state index is -4.68. The van der Waals surface area contributed by atoms with Gasteiger partial charge in [-0.3, -0.25) is 14.3 Å². The molecule has 4 unspecified atom stereocenters. The molecule has 0 aromatic heterocycles. The third-order valence-corrected chi connectivity index (χ3v) is 9.23. The summed E-state index contributed by atoms with van der Waals surface area (Å²) in [6.07, 6.45) is -3.71. The predicted octanol–water partition coefficient (Wildman–Crippen LogP) is 8.69. The highest BCUT2D eigenvalue weighted by Crippen LogP contribution is 2.44. The lowest BCUT2D eigenvalue weighted by Crippen LogP contribution is -2.41. The maximum atomic E-state index is 14.7. The monoisotopic (exact) mass is 726 g/mol. The Balaban J connectivity index is 0.000000909. The standard InChI is InChI=1S/C36H35F4N3O2.CH5NS.CH2O2/c1-21-29(24-11-9-23(10-12-24)25-13-16-34-33(17-25)41-22(2)43(34)3)19-28(45-27-7-5-4-6-8-27)20-30(21)35(44)42-32-15-14-26(18-31(32)37)36(38,39)40;1-2-3;2-1-3/h4-18,21-22,28-30,41H,19-20H2,1-3H3,(H,42,44);2-3H,1H3;1H,(H,2,3)/t21-,22?,28?,29?,30?;;/m1../s1. The number of alkyl halides is 3. The molecule has 1 fully saturated rings. The fourth-order valence-corrected chi connectivity index (χ4v) is 6.56. The number of benzene rings is 4. The van der Waals surface area contributed by atoms with Crippen molar-refractivity contribution in [3.05, 3.63) is 108 Å². The zero-order chi connectivity index (χ0) is 37.3. The highest BCUT2D eigenvalue weighted by Gasteiger charge is 2.41. The maximum absolute atomic E-state index is 14.7. The summed E-state index contributed by atoms with van der Waals surface area (Å²) in [4.78, 5) is 24.2. The lowest BCUT2D eigenvalue weighted by molar-refractivity contribution is -0.137. The van der Waals surface area contributed by atoms with E-state index in [0.717, 1.165) is 40.2 Å². The van der Waals surface area contributed by atoms with Crippen LogP contribution in [-0.4, -0.2) is 43.9 Å². The van der Waals surface area contributed by atoms with Crippen molar-refractivity contribution in [3.63, 3.8) is 0 Å². The number of carbonyl (C=O) groups excluding carboxylic acids is 1. The first kappa shape index (κ1) is 39.0. The summed E-state index contributed by atoms with van der Waals surface area (Å²) in [6.45, 7) is 3.86. The molecular weight excluding hydrogens is 685 g/mol. The zero-order valence-corrected chi connectivity index (χ0v) is 29.5. The van der Waals surface area contributed by atoms with Crippen LogP contribution in [0.25, 0.3) is 11.1 Å². The van der Waals surface area contributed by atoms with Gasteiger partial charge >= 0.3 is 6.18 Å². The first-order valence-electron chi connectivity index (χ1n) is 16.3. The molecule has 1 heterocycles. The number of nitrogens with one attached hydrogen (secondary N) is 3. The van der Waals surface area contributed by atoms with Crippen LogP contribution in [0.1, 0.15) is 43.7 Å². The Kier molecular flexibility index (Phi) is 13.4. The summed E-state index contributed by atoms with van der Waals surface area (Å²) in [5, 5.41) is 12.9. The van der Waals surface area contributed by atoms with Crippen LogP contribution in [-0.2, 0) is 15.8 Å². The molecule has 0 spiro atoms. The molecule has 5 atom stereocenters. The van der Waals surface area contributed by atoms with E-state index in [1.54, 1.807) is 7.05 Å². The number of nitrogens with zero attached hydrogens (tertiary/aromatic N) is 1. The highest BCUT2D eigenvalue weighted by atomic mass is 32.1. The molecule has 1 amide bonds. The molecule has 1 saturated carbocycles. The van der Waals surface area contributed by atoms with E-state index in [4.69, 9.17) is 14.6 Å². The van der Waals surface area contributed by atoms with Crippen molar-refractivity contribution in [2.75, 3.05) is 29.6 Å². The van der Waals surface area contributed by atoms with Gasteiger partial charge in [-0.2, -0.15) is 13.2 Å². The van der Waals surface area contributed by atoms with Crippen molar-refractivity contribution in [2.45, 2.75) is 51.1 Å². The van der Waals surface area contributed by atoms with Crippen LogP contribution in [0.3, 0.4) is 0 Å². The first-order chi connectivity index (χ1) is 24.3. The van der Waals surface area contributed by atoms with Crippen molar-refractivity contribution in [1.29, 1.82) is 0 Å². The van der Waals surface area contributed by atoms with Crippen molar-refractivity contribution >= 4 is 42.3 Å². The largest absolute Gasteiger partial charge is 0.490 e. The average Bonchev–Trinajstić information content (AvgIpc) is 3.39. The van der Waals surface area contributed by atoms with Crippen LogP contribution in [0.15, 0.2) is 91.0 Å². The number of amides is 1. The molecule has 0 bridgehead atoms. The molecule has 1 aliphatic heterocycles. The molecule has 4 N–H and O–H groups in total. The minimum Gasteiger partial charge on any atom is -0.490 e. The van der Waals surface area contributed by atoms with E-state index < -0.39 is 29.4 Å². The number of carbonyl (C=O) groups is 2. The molecule has 13 heteroatoms. The van der Waals surface area contributed by atoms with Gasteiger partial charge in [0.2, 0.25) is 5.91 Å². The van der Waals surface area contributed by atoms with Gasteiger partial charge in [-0.1, -0.05) is 68.3 Å². The predicted molar refractivity (Wildman–Crippen MR) is 196 cm³/mol. The molecule has 0 radical (unpaired) electrons. The van der Waals surface area contributed by atoms with Gasteiger partial charge in [0.25, 0.3) is 6.47 Å². The van der Waals surface area contributed by atoms with Gasteiger partial charge < -0.3 is 25.4 Å². The van der Waals surface area contributed by atoms with Crippen LogP contribution in [0.2, 0.25) is 0 Å². The lowest BCUT2D eigenvalue weighted by Gasteiger charge is -2.40. The molecule has 8 nitrogen and oxygen atoms in total. The van der Waals surface area contributed by atoms with E-state index in [0.29, 0.717) is 24.7 Å². The van der Waals surface area contributed by atoms with Gasteiger partial charge in [0.05, 0.1) is 28.8 Å². The van der Waals surface area contributed by atoms with Crippen LogP contribution in [0, 0.1) is 17.7 Å². The molecule has 6 rings (SSSR count). The normalized spacial score (nSPS) is 20.7. The second-order valence-electron chi connectivity index (χ2n) is 12.4. The number of para-hydroxylation sites is 1. The molecule has 2 aliphatic rings. The summed E-state index contributed by atoms with van der Waals surface area (Å²) in [5.41, 5.74) is 4.07. The third-order valence-electron chi connectivity index (χ3n) is 9.23. The van der Waals surface area contributed by atoms with Gasteiger partial charge in [-0.05, 0) is 97.8 Å². The molecular formula is C38H42F4N4O4S. The number of ether oxygens (including phenoxy) is 1. The molecule has 51 heavy (non-hydrogen) atoms. The Labute approximate surface area is 300 Å². The maximum Gasteiger partial charge on any atom is 0.416 e. The fraction of sp³-hybridized carbons (Fsp3) is 0.316. The SMILES string of the molecule is CC1Nc2cc(-c3ccc(C4CC(Oc5ccccc5)CC(C(=O)Nc5ccc(C(F)(F)F)cc5F)[C@@H]4C)cc3)ccc2N1C.CNS.O=CO. The van der Waals surface area contributed by atoms with Gasteiger partial charge in [0.1, 0.15) is 17.7 Å². The van der Waals surface area contributed by atoms with Crippen molar-refractivity contribution in [3.8, 4) is 16.9 Å². The van der Waals surface area contributed by atoms with E-state index in [2.05, 4.69) is 89.5 Å². The summed E-state index contributed by atoms with van der Waals surface area (Å²) in [5.74, 6) is -1.66. The summed E-state index contributed by atoms with van der Waals surface area (Å²) >= 11 is 3.54. The van der Waals surface area contributed by atoms with Crippen molar-refractivity contribution < 1.29 is 37.0 Å². The van der Waals surface area contributed by atoms with Crippen LogP contribution in [0.4, 0.5) is 34.6 Å². The number of halogens is 4. The smallest absolute Gasteiger partial charge is 0.416 e. The topological polar surface area (TPSA) is 103 Å². The number of carboxylic acid groups (broad SMARTS) is 1. The van der Waals surface area contributed by atoms with E-state index in [9.17, 15) is 22.4 Å². The van der Waals surface area contributed by atoms with Gasteiger partial charge in [-0.15, -0.1) is 0 Å².